The number of likely N-dealkylation sites (tertiary alicyclic amines) is 2. The second-order valence-corrected chi connectivity index (χ2v) is 11.3. The van der Waals surface area contributed by atoms with Crippen molar-refractivity contribution in [3.05, 3.63) is 42.5 Å². The van der Waals surface area contributed by atoms with Crippen molar-refractivity contribution in [2.45, 2.75) is 47.0 Å². The number of amides is 3. The molecule has 3 fully saturated rings. The van der Waals surface area contributed by atoms with Gasteiger partial charge in [-0.15, -0.1) is 0 Å². The van der Waals surface area contributed by atoms with Crippen molar-refractivity contribution in [3.63, 3.8) is 0 Å². The first-order chi connectivity index (χ1) is 15.1. The fourth-order valence-corrected chi connectivity index (χ4v) is 6.24. The van der Waals surface area contributed by atoms with Gasteiger partial charge in [-0.3, -0.25) is 4.79 Å². The average molecular weight is 434 g/mol. The number of rotatable bonds is 2. The van der Waals surface area contributed by atoms with E-state index < -0.39 is 0 Å². The van der Waals surface area contributed by atoms with Crippen LogP contribution in [-0.2, 0) is 4.79 Å². The molecule has 0 aromatic heterocycles. The molecule has 5 nitrogen and oxygen atoms in total. The van der Waals surface area contributed by atoms with Gasteiger partial charge in [-0.25, -0.2) is 4.79 Å². The zero-order chi connectivity index (χ0) is 22.7. The lowest BCUT2D eigenvalue weighted by atomic mass is 9.78. The molecule has 1 saturated carbocycles. The van der Waals surface area contributed by atoms with Crippen molar-refractivity contribution >= 4 is 28.4 Å². The fourth-order valence-electron chi connectivity index (χ4n) is 6.24. The smallest absolute Gasteiger partial charge is 0.321 e. The Hall–Kier alpha value is -2.56. The summed E-state index contributed by atoms with van der Waals surface area (Å²) in [6, 6.07) is 14.1. The van der Waals surface area contributed by atoms with E-state index in [1.54, 1.807) is 0 Å². The van der Waals surface area contributed by atoms with Crippen molar-refractivity contribution < 1.29 is 9.59 Å². The van der Waals surface area contributed by atoms with Crippen molar-refractivity contribution in [2.24, 2.45) is 22.2 Å². The van der Waals surface area contributed by atoms with Gasteiger partial charge in [0, 0.05) is 37.5 Å². The summed E-state index contributed by atoms with van der Waals surface area (Å²) in [5.74, 6) is 0.477. The highest BCUT2D eigenvalue weighted by atomic mass is 16.2. The van der Waals surface area contributed by atoms with Gasteiger partial charge in [0.2, 0.25) is 5.91 Å². The second-order valence-electron chi connectivity index (χ2n) is 11.3. The van der Waals surface area contributed by atoms with Crippen LogP contribution in [0.1, 0.15) is 47.0 Å². The van der Waals surface area contributed by atoms with Crippen LogP contribution in [0.25, 0.3) is 10.8 Å². The third-order valence-corrected chi connectivity index (χ3v) is 9.16. The van der Waals surface area contributed by atoms with E-state index >= 15 is 0 Å². The molecule has 170 valence electrons. The van der Waals surface area contributed by atoms with Crippen LogP contribution in [0.2, 0.25) is 0 Å². The number of piperidine rings is 1. The summed E-state index contributed by atoms with van der Waals surface area (Å²) < 4.78 is 0. The van der Waals surface area contributed by atoms with Crippen LogP contribution in [0.4, 0.5) is 10.5 Å². The van der Waals surface area contributed by atoms with Crippen LogP contribution >= 0.6 is 0 Å². The van der Waals surface area contributed by atoms with Crippen LogP contribution in [0, 0.1) is 22.2 Å². The van der Waals surface area contributed by atoms with Crippen LogP contribution in [-0.4, -0.2) is 47.9 Å². The largest absolute Gasteiger partial charge is 0.342 e. The number of anilines is 1. The van der Waals surface area contributed by atoms with Crippen LogP contribution in [0.15, 0.2) is 42.5 Å². The summed E-state index contributed by atoms with van der Waals surface area (Å²) in [5, 5.41) is 5.31. The molecule has 1 spiro atoms. The molecular formula is C27H35N3O2. The molecular weight excluding hydrogens is 398 g/mol. The maximum Gasteiger partial charge on any atom is 0.321 e. The van der Waals surface area contributed by atoms with E-state index in [1.807, 2.05) is 35.2 Å². The van der Waals surface area contributed by atoms with E-state index in [2.05, 4.69) is 50.0 Å². The summed E-state index contributed by atoms with van der Waals surface area (Å²) in [6.07, 6.45) is 3.00. The van der Waals surface area contributed by atoms with E-state index in [1.165, 1.54) is 0 Å². The van der Waals surface area contributed by atoms with Gasteiger partial charge in [-0.05, 0) is 47.0 Å². The normalized spacial score (nSPS) is 23.5. The quantitative estimate of drug-likeness (QED) is 0.692. The molecule has 2 heterocycles. The van der Waals surface area contributed by atoms with E-state index in [0.29, 0.717) is 5.91 Å². The SMILES string of the molecule is CC1(C)C(C(=O)N2CCC3(CCN(C(=O)Nc4cccc5ccccc45)CC3)C2)C1(C)C. The zero-order valence-electron chi connectivity index (χ0n) is 19.8. The number of nitrogens with one attached hydrogen (secondary N) is 1. The third kappa shape index (κ3) is 3.28. The minimum absolute atomic E-state index is 0.0244. The van der Waals surface area contributed by atoms with Crippen molar-refractivity contribution in [1.29, 1.82) is 0 Å². The number of carbonyl (C=O) groups is 2. The van der Waals surface area contributed by atoms with Gasteiger partial charge in [-0.1, -0.05) is 64.1 Å². The van der Waals surface area contributed by atoms with Gasteiger partial charge < -0.3 is 15.1 Å². The Morgan fingerprint density at radius 3 is 2.09 bits per heavy atom. The Bertz CT molecular complexity index is 1050. The lowest BCUT2D eigenvalue weighted by molar-refractivity contribution is -0.133. The molecule has 0 atom stereocenters. The van der Waals surface area contributed by atoms with Crippen molar-refractivity contribution in [2.75, 3.05) is 31.5 Å². The first kappa shape index (κ1) is 21.3. The molecule has 2 aromatic rings. The number of urea groups is 1. The molecule has 32 heavy (non-hydrogen) atoms. The molecule has 0 radical (unpaired) electrons. The van der Waals surface area contributed by atoms with Crippen LogP contribution in [0.3, 0.4) is 0 Å². The van der Waals surface area contributed by atoms with Crippen molar-refractivity contribution in [3.8, 4) is 0 Å². The molecule has 2 aliphatic heterocycles. The summed E-state index contributed by atoms with van der Waals surface area (Å²) in [4.78, 5) is 30.2. The summed E-state index contributed by atoms with van der Waals surface area (Å²) in [5.41, 5.74) is 1.21. The van der Waals surface area contributed by atoms with Gasteiger partial charge in [0.05, 0.1) is 5.69 Å². The maximum absolute atomic E-state index is 13.2. The van der Waals surface area contributed by atoms with Crippen LogP contribution in [0.5, 0.6) is 0 Å². The molecule has 5 rings (SSSR count). The zero-order valence-corrected chi connectivity index (χ0v) is 19.8. The standard InChI is InChI=1S/C27H35N3O2/c1-25(2)22(26(25,3)4)23(31)30-17-14-27(18-30)12-15-29(16-13-27)24(32)28-21-11-7-9-19-8-5-6-10-20(19)21/h5-11,22H,12-18H2,1-4H3,(H,28,32). The number of hydrogen-bond donors (Lipinski definition) is 1. The lowest BCUT2D eigenvalue weighted by Crippen LogP contribution is -2.46. The first-order valence-electron chi connectivity index (χ1n) is 12.0. The van der Waals surface area contributed by atoms with Gasteiger partial charge in [-0.2, -0.15) is 0 Å². The molecule has 1 N–H and O–H groups in total. The number of fused-ring (bicyclic) bond motifs is 1. The minimum Gasteiger partial charge on any atom is -0.342 e. The number of nitrogens with zero attached hydrogens (tertiary/aromatic N) is 2. The first-order valence-corrected chi connectivity index (χ1v) is 12.0. The van der Waals surface area contributed by atoms with Gasteiger partial charge in [0.1, 0.15) is 0 Å². The lowest BCUT2D eigenvalue weighted by Gasteiger charge is -2.39. The molecule has 0 bridgehead atoms. The van der Waals surface area contributed by atoms with E-state index in [-0.39, 0.29) is 28.2 Å². The Kier molecular flexibility index (Phi) is 4.81. The van der Waals surface area contributed by atoms with Gasteiger partial charge in [0.15, 0.2) is 0 Å². The summed E-state index contributed by atoms with van der Waals surface area (Å²) in [7, 11) is 0. The summed E-state index contributed by atoms with van der Waals surface area (Å²) >= 11 is 0. The van der Waals surface area contributed by atoms with Gasteiger partial charge >= 0.3 is 6.03 Å². The highest BCUT2D eigenvalue weighted by Crippen LogP contribution is 2.69. The molecule has 1 aliphatic carbocycles. The number of hydrogen-bond acceptors (Lipinski definition) is 2. The molecule has 3 aliphatic rings. The highest BCUT2D eigenvalue weighted by molar-refractivity contribution is 6.01. The second kappa shape index (κ2) is 7.23. The van der Waals surface area contributed by atoms with E-state index in [9.17, 15) is 9.59 Å². The number of benzene rings is 2. The van der Waals surface area contributed by atoms with Crippen LogP contribution < -0.4 is 5.32 Å². The fraction of sp³-hybridized carbons (Fsp3) is 0.556. The molecule has 0 unspecified atom stereocenters. The molecule has 3 amide bonds. The number of carbonyl (C=O) groups excluding carboxylic acids is 2. The van der Waals surface area contributed by atoms with E-state index in [0.717, 1.165) is 61.9 Å². The Morgan fingerprint density at radius 1 is 0.844 bits per heavy atom. The predicted molar refractivity (Wildman–Crippen MR) is 128 cm³/mol. The topological polar surface area (TPSA) is 52.7 Å². The Balaban J connectivity index is 1.19. The minimum atomic E-state index is -0.0244. The Morgan fingerprint density at radius 2 is 1.44 bits per heavy atom. The van der Waals surface area contributed by atoms with E-state index in [4.69, 9.17) is 0 Å². The third-order valence-electron chi connectivity index (χ3n) is 9.16. The Labute approximate surface area is 191 Å². The predicted octanol–water partition coefficient (Wildman–Crippen LogP) is 5.37. The van der Waals surface area contributed by atoms with Crippen molar-refractivity contribution in [1.82, 2.24) is 9.80 Å². The average Bonchev–Trinajstić information content (AvgIpc) is 3.03. The monoisotopic (exact) mass is 433 g/mol. The highest BCUT2D eigenvalue weighted by Gasteiger charge is 2.69. The summed E-state index contributed by atoms with van der Waals surface area (Å²) in [6.45, 7) is 12.1. The molecule has 5 heteroatoms. The van der Waals surface area contributed by atoms with Gasteiger partial charge in [0.25, 0.3) is 0 Å². The maximum atomic E-state index is 13.2. The molecule has 2 saturated heterocycles. The molecule has 2 aromatic carbocycles.